The van der Waals surface area contributed by atoms with E-state index in [2.05, 4.69) is 36.1 Å². The van der Waals surface area contributed by atoms with E-state index in [1.807, 2.05) is 5.38 Å². The zero-order valence-corrected chi connectivity index (χ0v) is 13.5. The minimum Gasteiger partial charge on any atom is -0.361 e. The molecule has 0 aromatic carbocycles. The molecule has 0 aliphatic rings. The molecule has 0 unspecified atom stereocenters. The second-order valence-corrected chi connectivity index (χ2v) is 7.32. The van der Waals surface area contributed by atoms with E-state index in [9.17, 15) is 13.2 Å². The van der Waals surface area contributed by atoms with Gasteiger partial charge in [-0.05, 0) is 0 Å². The molecule has 2 heterocycles. The molecular formula is C13H16F3N3S2. The number of aromatic nitrogens is 2. The number of rotatable bonds is 4. The van der Waals surface area contributed by atoms with Crippen LogP contribution in [0.2, 0.25) is 0 Å². The number of alkyl halides is 3. The lowest BCUT2D eigenvalue weighted by Gasteiger charge is -2.13. The number of thiazole rings is 2. The van der Waals surface area contributed by atoms with Crippen LogP contribution in [0, 0.1) is 0 Å². The minimum absolute atomic E-state index is 0.0211. The highest BCUT2D eigenvalue weighted by atomic mass is 32.1. The number of anilines is 1. The smallest absolute Gasteiger partial charge is 0.361 e. The fourth-order valence-corrected chi connectivity index (χ4v) is 3.24. The van der Waals surface area contributed by atoms with E-state index < -0.39 is 11.9 Å². The van der Waals surface area contributed by atoms with Crippen LogP contribution in [0.4, 0.5) is 18.3 Å². The molecule has 2 aromatic rings. The van der Waals surface area contributed by atoms with Crippen molar-refractivity contribution in [3.05, 3.63) is 27.2 Å². The van der Waals surface area contributed by atoms with Crippen molar-refractivity contribution in [3.8, 4) is 0 Å². The monoisotopic (exact) mass is 335 g/mol. The average Bonchev–Trinajstić information content (AvgIpc) is 2.95. The number of hydrogen-bond acceptors (Lipinski definition) is 5. The maximum Gasteiger partial charge on any atom is 0.434 e. The van der Waals surface area contributed by atoms with Gasteiger partial charge >= 0.3 is 6.18 Å². The van der Waals surface area contributed by atoms with Crippen LogP contribution < -0.4 is 5.32 Å². The van der Waals surface area contributed by atoms with Gasteiger partial charge in [-0.1, -0.05) is 20.8 Å². The first-order valence-corrected chi connectivity index (χ1v) is 8.13. The van der Waals surface area contributed by atoms with Gasteiger partial charge in [0.25, 0.3) is 0 Å². The third-order valence-electron chi connectivity index (χ3n) is 2.65. The number of nitrogens with one attached hydrogen (secondary N) is 1. The Bertz CT molecular complexity index is 544. The Morgan fingerprint density at radius 2 is 1.81 bits per heavy atom. The number of halogens is 3. The van der Waals surface area contributed by atoms with Gasteiger partial charge in [-0.15, -0.1) is 22.7 Å². The summed E-state index contributed by atoms with van der Waals surface area (Å²) in [4.78, 5) is 8.06. The fourth-order valence-electron chi connectivity index (χ4n) is 1.55. The van der Waals surface area contributed by atoms with Crippen molar-refractivity contribution in [2.75, 3.05) is 11.9 Å². The Hall–Kier alpha value is -1.15. The first-order chi connectivity index (χ1) is 9.66. The van der Waals surface area contributed by atoms with E-state index in [1.54, 1.807) is 11.3 Å². The SMILES string of the molecule is CC(C)(C)c1nc(CCNc2nc(C(F)(F)F)cs2)cs1. The van der Waals surface area contributed by atoms with E-state index >= 15 is 0 Å². The van der Waals surface area contributed by atoms with Crippen LogP contribution in [0.15, 0.2) is 10.8 Å². The molecule has 0 saturated heterocycles. The molecule has 2 aromatic heterocycles. The summed E-state index contributed by atoms with van der Waals surface area (Å²) in [5.74, 6) is 0. The number of nitrogens with zero attached hydrogens (tertiary/aromatic N) is 2. The van der Waals surface area contributed by atoms with Crippen molar-refractivity contribution < 1.29 is 13.2 Å². The van der Waals surface area contributed by atoms with Gasteiger partial charge in [-0.25, -0.2) is 9.97 Å². The van der Waals surface area contributed by atoms with Crippen LogP contribution in [-0.2, 0) is 18.0 Å². The molecule has 2 rings (SSSR count). The number of hydrogen-bond donors (Lipinski definition) is 1. The molecular weight excluding hydrogens is 319 g/mol. The van der Waals surface area contributed by atoms with E-state index in [0.717, 1.165) is 27.4 Å². The molecule has 116 valence electrons. The van der Waals surface area contributed by atoms with Gasteiger partial charge in [0.2, 0.25) is 0 Å². The van der Waals surface area contributed by atoms with Crippen LogP contribution >= 0.6 is 22.7 Å². The van der Waals surface area contributed by atoms with Gasteiger partial charge < -0.3 is 5.32 Å². The first kappa shape index (κ1) is 16.2. The Labute approximate surface area is 129 Å². The fraction of sp³-hybridized carbons (Fsp3) is 0.538. The summed E-state index contributed by atoms with van der Waals surface area (Å²) in [6.45, 7) is 6.81. The lowest BCUT2D eigenvalue weighted by molar-refractivity contribution is -0.140. The summed E-state index contributed by atoms with van der Waals surface area (Å²) in [6.07, 6.45) is -3.72. The highest BCUT2D eigenvalue weighted by molar-refractivity contribution is 7.13. The van der Waals surface area contributed by atoms with Crippen molar-refractivity contribution in [1.82, 2.24) is 9.97 Å². The lowest BCUT2D eigenvalue weighted by atomic mass is 9.98. The molecule has 1 N–H and O–H groups in total. The third-order valence-corrected chi connectivity index (χ3v) is 4.76. The largest absolute Gasteiger partial charge is 0.434 e. The van der Waals surface area contributed by atoms with E-state index in [0.29, 0.717) is 13.0 Å². The molecule has 0 radical (unpaired) electrons. The quantitative estimate of drug-likeness (QED) is 0.889. The molecule has 0 amide bonds. The topological polar surface area (TPSA) is 37.8 Å². The Morgan fingerprint density at radius 1 is 1.10 bits per heavy atom. The Balaban J connectivity index is 1.87. The third kappa shape index (κ3) is 4.41. The predicted molar refractivity (Wildman–Crippen MR) is 80.1 cm³/mol. The van der Waals surface area contributed by atoms with Crippen molar-refractivity contribution in [2.45, 2.75) is 38.8 Å². The van der Waals surface area contributed by atoms with Crippen LogP contribution in [0.25, 0.3) is 0 Å². The average molecular weight is 335 g/mol. The molecule has 3 nitrogen and oxygen atoms in total. The van der Waals surface area contributed by atoms with Gasteiger partial charge in [0.05, 0.1) is 10.7 Å². The summed E-state index contributed by atoms with van der Waals surface area (Å²) in [6, 6.07) is 0. The van der Waals surface area contributed by atoms with Crippen LogP contribution in [0.1, 0.15) is 37.2 Å². The van der Waals surface area contributed by atoms with Gasteiger partial charge in [-0.3, -0.25) is 0 Å². The molecule has 0 spiro atoms. The molecule has 0 fully saturated rings. The van der Waals surface area contributed by atoms with Gasteiger partial charge in [0.15, 0.2) is 10.8 Å². The van der Waals surface area contributed by atoms with E-state index in [-0.39, 0.29) is 10.5 Å². The lowest BCUT2D eigenvalue weighted by Crippen LogP contribution is -2.11. The predicted octanol–water partition coefficient (Wildman–Crippen LogP) is 4.57. The zero-order chi connectivity index (χ0) is 15.7. The summed E-state index contributed by atoms with van der Waals surface area (Å²) < 4.78 is 37.2. The van der Waals surface area contributed by atoms with Gasteiger partial charge in [-0.2, -0.15) is 13.2 Å². The normalized spacial score (nSPS) is 12.7. The maximum absolute atomic E-state index is 12.4. The van der Waals surface area contributed by atoms with Crippen molar-refractivity contribution in [2.24, 2.45) is 0 Å². The molecule has 0 atom stereocenters. The van der Waals surface area contributed by atoms with Gasteiger partial charge in [0, 0.05) is 29.1 Å². The molecule has 0 saturated carbocycles. The summed E-state index contributed by atoms with van der Waals surface area (Å²) in [7, 11) is 0. The van der Waals surface area contributed by atoms with Crippen LogP contribution in [-0.4, -0.2) is 16.5 Å². The van der Waals surface area contributed by atoms with Crippen LogP contribution in [0.5, 0.6) is 0 Å². The second kappa shape index (κ2) is 5.92. The highest BCUT2D eigenvalue weighted by Gasteiger charge is 2.33. The van der Waals surface area contributed by atoms with Crippen molar-refractivity contribution >= 4 is 27.8 Å². The molecule has 0 aliphatic carbocycles. The standard InChI is InChI=1S/C13H16F3N3S2/c1-12(2,3)10-18-8(6-20-10)4-5-17-11-19-9(7-21-11)13(14,15)16/h6-7H,4-5H2,1-3H3,(H,17,19). The maximum atomic E-state index is 12.4. The second-order valence-electron chi connectivity index (χ2n) is 5.61. The first-order valence-electron chi connectivity index (χ1n) is 6.38. The molecule has 21 heavy (non-hydrogen) atoms. The summed E-state index contributed by atoms with van der Waals surface area (Å²) in [5.41, 5.74) is 0.122. The van der Waals surface area contributed by atoms with E-state index in [4.69, 9.17) is 0 Å². The minimum atomic E-state index is -4.38. The zero-order valence-electron chi connectivity index (χ0n) is 11.9. The van der Waals surface area contributed by atoms with Crippen LogP contribution in [0.3, 0.4) is 0 Å². The molecule has 8 heteroatoms. The van der Waals surface area contributed by atoms with Crippen molar-refractivity contribution in [1.29, 1.82) is 0 Å². The summed E-state index contributed by atoms with van der Waals surface area (Å²) >= 11 is 2.57. The Morgan fingerprint density at radius 3 is 2.33 bits per heavy atom. The Kier molecular flexibility index (Phi) is 4.57. The molecule has 0 bridgehead atoms. The molecule has 0 aliphatic heterocycles. The van der Waals surface area contributed by atoms with E-state index in [1.165, 1.54) is 0 Å². The summed E-state index contributed by atoms with van der Waals surface area (Å²) in [5, 5.41) is 7.26. The van der Waals surface area contributed by atoms with Crippen molar-refractivity contribution in [3.63, 3.8) is 0 Å². The van der Waals surface area contributed by atoms with Gasteiger partial charge in [0.1, 0.15) is 0 Å². The highest BCUT2D eigenvalue weighted by Crippen LogP contribution is 2.31.